The van der Waals surface area contributed by atoms with Crippen molar-refractivity contribution in [3.8, 4) is 5.75 Å². The summed E-state index contributed by atoms with van der Waals surface area (Å²) in [6, 6.07) is 7.59. The zero-order valence-corrected chi connectivity index (χ0v) is 14.3. The predicted octanol–water partition coefficient (Wildman–Crippen LogP) is 3.22. The van der Waals surface area contributed by atoms with Gasteiger partial charge in [0.15, 0.2) is 0 Å². The quantitative estimate of drug-likeness (QED) is 0.803. The molecule has 1 aliphatic rings. The summed E-state index contributed by atoms with van der Waals surface area (Å²) in [5.74, 6) is 0.274. The fourth-order valence-electron chi connectivity index (χ4n) is 2.74. The number of methoxy groups -OCH3 is 1. The molecule has 1 aliphatic carbocycles. The third-order valence-corrected chi connectivity index (χ3v) is 6.12. The van der Waals surface area contributed by atoms with Crippen molar-refractivity contribution in [2.45, 2.75) is 30.7 Å². The van der Waals surface area contributed by atoms with E-state index < -0.39 is 15.8 Å². The molecular formula is C17H19FN2O3S. The molecule has 0 spiro atoms. The first-order valence-corrected chi connectivity index (χ1v) is 9.16. The predicted molar refractivity (Wildman–Crippen MR) is 89.0 cm³/mol. The molecule has 1 fully saturated rings. The molecule has 24 heavy (non-hydrogen) atoms. The van der Waals surface area contributed by atoms with Gasteiger partial charge in [-0.3, -0.25) is 9.29 Å². The van der Waals surface area contributed by atoms with Gasteiger partial charge in [-0.1, -0.05) is 0 Å². The topological polar surface area (TPSA) is 59.5 Å². The summed E-state index contributed by atoms with van der Waals surface area (Å²) in [5, 5.41) is 0. The van der Waals surface area contributed by atoms with Gasteiger partial charge in [-0.15, -0.1) is 0 Å². The molecule has 1 aromatic carbocycles. The molecule has 1 saturated carbocycles. The number of hydrogen-bond donors (Lipinski definition) is 0. The fourth-order valence-corrected chi connectivity index (χ4v) is 4.43. The molecular weight excluding hydrogens is 331 g/mol. The van der Waals surface area contributed by atoms with E-state index in [2.05, 4.69) is 4.98 Å². The number of pyridine rings is 1. The zero-order chi connectivity index (χ0) is 17.3. The zero-order valence-electron chi connectivity index (χ0n) is 13.5. The summed E-state index contributed by atoms with van der Waals surface area (Å²) in [6.45, 7) is 1.88. The highest BCUT2D eigenvalue weighted by Crippen LogP contribution is 2.39. The first-order chi connectivity index (χ1) is 11.4. The van der Waals surface area contributed by atoms with Crippen LogP contribution in [0, 0.1) is 11.7 Å². The number of hydrogen-bond acceptors (Lipinski definition) is 4. The normalized spacial score (nSPS) is 15.8. The van der Waals surface area contributed by atoms with E-state index in [0.29, 0.717) is 17.4 Å². The van der Waals surface area contributed by atoms with Crippen LogP contribution in [-0.4, -0.2) is 26.6 Å². The van der Waals surface area contributed by atoms with Crippen LogP contribution in [0.1, 0.15) is 19.8 Å². The van der Waals surface area contributed by atoms with Crippen LogP contribution in [0.25, 0.3) is 0 Å². The van der Waals surface area contributed by atoms with Gasteiger partial charge < -0.3 is 4.74 Å². The van der Waals surface area contributed by atoms with E-state index in [1.807, 2.05) is 6.92 Å². The van der Waals surface area contributed by atoms with Gasteiger partial charge in [0.2, 0.25) is 0 Å². The molecule has 0 amide bonds. The number of nitrogens with zero attached hydrogens (tertiary/aromatic N) is 2. The fraction of sp³-hybridized carbons (Fsp3) is 0.353. The second kappa shape index (κ2) is 6.39. The SMILES string of the molecule is COc1ccc(N(C(C)C2CC2)S(=O)(=O)c2cncc(F)c2)cc1. The maximum atomic E-state index is 13.5. The Kier molecular flexibility index (Phi) is 4.45. The Morgan fingerprint density at radius 3 is 2.46 bits per heavy atom. The van der Waals surface area contributed by atoms with Crippen LogP contribution >= 0.6 is 0 Å². The van der Waals surface area contributed by atoms with Gasteiger partial charge in [0, 0.05) is 12.2 Å². The van der Waals surface area contributed by atoms with Crippen molar-refractivity contribution in [1.29, 1.82) is 0 Å². The highest BCUT2D eigenvalue weighted by molar-refractivity contribution is 7.92. The van der Waals surface area contributed by atoms with Crippen LogP contribution < -0.4 is 9.04 Å². The maximum Gasteiger partial charge on any atom is 0.266 e. The Hall–Kier alpha value is -2.15. The summed E-state index contributed by atoms with van der Waals surface area (Å²) in [7, 11) is -2.36. The van der Waals surface area contributed by atoms with E-state index in [-0.39, 0.29) is 10.9 Å². The molecule has 128 valence electrons. The monoisotopic (exact) mass is 350 g/mol. The molecule has 5 nitrogen and oxygen atoms in total. The number of sulfonamides is 1. The van der Waals surface area contributed by atoms with Gasteiger partial charge in [-0.2, -0.15) is 0 Å². The number of rotatable bonds is 6. The molecule has 7 heteroatoms. The Morgan fingerprint density at radius 1 is 1.25 bits per heavy atom. The first-order valence-electron chi connectivity index (χ1n) is 7.72. The van der Waals surface area contributed by atoms with E-state index in [1.165, 1.54) is 10.5 Å². The molecule has 0 saturated heterocycles. The first kappa shape index (κ1) is 16.7. The minimum Gasteiger partial charge on any atom is -0.497 e. The van der Waals surface area contributed by atoms with E-state index in [0.717, 1.165) is 25.1 Å². The number of aromatic nitrogens is 1. The summed E-state index contributed by atoms with van der Waals surface area (Å²) in [6.07, 6.45) is 4.14. The lowest BCUT2D eigenvalue weighted by Crippen LogP contribution is -2.40. The second-order valence-electron chi connectivity index (χ2n) is 5.92. The van der Waals surface area contributed by atoms with Crippen LogP contribution in [0.2, 0.25) is 0 Å². The van der Waals surface area contributed by atoms with Gasteiger partial charge >= 0.3 is 0 Å². The minimum absolute atomic E-state index is 0.147. The van der Waals surface area contributed by atoms with Crippen molar-refractivity contribution in [1.82, 2.24) is 4.98 Å². The van der Waals surface area contributed by atoms with Crippen molar-refractivity contribution >= 4 is 15.7 Å². The Morgan fingerprint density at radius 2 is 1.92 bits per heavy atom. The second-order valence-corrected chi connectivity index (χ2v) is 7.73. The van der Waals surface area contributed by atoms with Gasteiger partial charge in [-0.25, -0.2) is 12.8 Å². The van der Waals surface area contributed by atoms with Gasteiger partial charge in [0.1, 0.15) is 16.5 Å². The lowest BCUT2D eigenvalue weighted by Gasteiger charge is -2.30. The molecule has 1 unspecified atom stereocenters. The Balaban J connectivity index is 2.06. The molecule has 3 rings (SSSR count). The number of anilines is 1. The lowest BCUT2D eigenvalue weighted by atomic mass is 10.2. The highest BCUT2D eigenvalue weighted by Gasteiger charge is 2.38. The minimum atomic E-state index is -3.91. The van der Waals surface area contributed by atoms with Gasteiger partial charge in [-0.05, 0) is 56.0 Å². The summed E-state index contributed by atoms with van der Waals surface area (Å²) in [5.41, 5.74) is 0.527. The molecule has 0 aliphatic heterocycles. The average molecular weight is 350 g/mol. The summed E-state index contributed by atoms with van der Waals surface area (Å²) in [4.78, 5) is 3.53. The van der Waals surface area contributed by atoms with Crippen molar-refractivity contribution in [2.24, 2.45) is 5.92 Å². The molecule has 0 N–H and O–H groups in total. The van der Waals surface area contributed by atoms with E-state index in [9.17, 15) is 12.8 Å². The summed E-state index contributed by atoms with van der Waals surface area (Å²) < 4.78 is 46.2. The van der Waals surface area contributed by atoms with Crippen molar-refractivity contribution < 1.29 is 17.5 Å². The number of ether oxygens (including phenoxy) is 1. The number of benzene rings is 1. The van der Waals surface area contributed by atoms with Crippen LogP contribution in [0.3, 0.4) is 0 Å². The molecule has 2 aromatic rings. The van der Waals surface area contributed by atoms with Crippen LogP contribution in [0.5, 0.6) is 5.75 Å². The van der Waals surface area contributed by atoms with Crippen LogP contribution in [0.15, 0.2) is 47.6 Å². The van der Waals surface area contributed by atoms with Crippen molar-refractivity contribution in [3.63, 3.8) is 0 Å². The third-order valence-electron chi connectivity index (χ3n) is 4.24. The smallest absolute Gasteiger partial charge is 0.266 e. The van der Waals surface area contributed by atoms with Crippen LogP contribution in [-0.2, 0) is 10.0 Å². The third kappa shape index (κ3) is 3.21. The summed E-state index contributed by atoms with van der Waals surface area (Å²) >= 11 is 0. The van der Waals surface area contributed by atoms with Gasteiger partial charge in [0.25, 0.3) is 10.0 Å². The van der Waals surface area contributed by atoms with Crippen molar-refractivity contribution in [3.05, 3.63) is 48.5 Å². The molecule has 1 atom stereocenters. The standard InChI is InChI=1S/C17H19FN2O3S/c1-12(13-3-4-13)20(15-5-7-16(23-2)8-6-15)24(21,22)17-9-14(18)10-19-11-17/h5-13H,3-4H2,1-2H3. The maximum absolute atomic E-state index is 13.5. The van der Waals surface area contributed by atoms with E-state index in [1.54, 1.807) is 31.4 Å². The lowest BCUT2D eigenvalue weighted by molar-refractivity contribution is 0.415. The number of halogens is 1. The largest absolute Gasteiger partial charge is 0.497 e. The van der Waals surface area contributed by atoms with E-state index in [4.69, 9.17) is 4.74 Å². The molecule has 0 radical (unpaired) electrons. The molecule has 1 aromatic heterocycles. The Bertz CT molecular complexity index is 820. The Labute approximate surface area is 141 Å². The van der Waals surface area contributed by atoms with Crippen LogP contribution in [0.4, 0.5) is 10.1 Å². The van der Waals surface area contributed by atoms with E-state index >= 15 is 0 Å². The highest BCUT2D eigenvalue weighted by atomic mass is 32.2. The van der Waals surface area contributed by atoms with Crippen molar-refractivity contribution in [2.75, 3.05) is 11.4 Å². The van der Waals surface area contributed by atoms with Gasteiger partial charge in [0.05, 0.1) is 19.0 Å². The molecule has 1 heterocycles. The average Bonchev–Trinajstić information content (AvgIpc) is 3.40. The molecule has 0 bridgehead atoms.